The van der Waals surface area contributed by atoms with Gasteiger partial charge in [-0.1, -0.05) is 18.2 Å². The van der Waals surface area contributed by atoms with E-state index in [2.05, 4.69) is 20.9 Å². The summed E-state index contributed by atoms with van der Waals surface area (Å²) in [6, 6.07) is 8.84. The van der Waals surface area contributed by atoms with Gasteiger partial charge in [-0.25, -0.2) is 0 Å². The van der Waals surface area contributed by atoms with E-state index in [0.29, 0.717) is 9.99 Å². The molecular weight excluding hydrogens is 248 g/mol. The molecule has 0 spiro atoms. The molecule has 0 aliphatic carbocycles. The second kappa shape index (κ2) is 3.34. The average Bonchev–Trinajstić information content (AvgIpc) is 2.16. The number of nitrogens with zero attached hydrogens (tertiary/aromatic N) is 2. The van der Waals surface area contributed by atoms with Gasteiger partial charge < -0.3 is 10.1 Å². The van der Waals surface area contributed by atoms with Crippen LogP contribution < -0.4 is 0 Å². The SMILES string of the molecule is O=[N+]([O-])c1nc(Br)cc2ccccc12. The van der Waals surface area contributed by atoms with E-state index in [1.54, 1.807) is 18.2 Å². The number of pyridine rings is 1. The lowest BCUT2D eigenvalue weighted by atomic mass is 10.2. The van der Waals surface area contributed by atoms with Gasteiger partial charge in [-0.3, -0.25) is 0 Å². The number of rotatable bonds is 1. The Kier molecular flexibility index (Phi) is 2.17. The largest absolute Gasteiger partial charge is 0.372 e. The summed E-state index contributed by atoms with van der Waals surface area (Å²) < 4.78 is 0.475. The summed E-state index contributed by atoms with van der Waals surface area (Å²) in [5.41, 5.74) is 0. The molecule has 0 amide bonds. The van der Waals surface area contributed by atoms with Crippen molar-refractivity contribution in [3.05, 3.63) is 45.0 Å². The number of nitro groups is 1. The number of hydrogen-bond donors (Lipinski definition) is 0. The molecule has 4 nitrogen and oxygen atoms in total. The molecule has 0 N–H and O–H groups in total. The Hall–Kier alpha value is -1.49. The Labute approximate surface area is 87.9 Å². The zero-order chi connectivity index (χ0) is 10.1. The van der Waals surface area contributed by atoms with E-state index >= 15 is 0 Å². The molecule has 0 fully saturated rings. The van der Waals surface area contributed by atoms with E-state index in [-0.39, 0.29) is 5.82 Å². The van der Waals surface area contributed by atoms with Crippen molar-refractivity contribution in [3.63, 3.8) is 0 Å². The fourth-order valence-electron chi connectivity index (χ4n) is 1.29. The van der Waals surface area contributed by atoms with Crippen molar-refractivity contribution in [3.8, 4) is 0 Å². The van der Waals surface area contributed by atoms with Gasteiger partial charge in [-0.15, -0.1) is 0 Å². The Morgan fingerprint density at radius 3 is 2.79 bits per heavy atom. The van der Waals surface area contributed by atoms with Gasteiger partial charge in [0.05, 0.1) is 5.39 Å². The van der Waals surface area contributed by atoms with Crippen LogP contribution in [0.3, 0.4) is 0 Å². The van der Waals surface area contributed by atoms with Crippen LogP contribution in [0.4, 0.5) is 5.82 Å². The first-order valence-corrected chi connectivity index (χ1v) is 4.67. The van der Waals surface area contributed by atoms with Crippen LogP contribution >= 0.6 is 15.9 Å². The van der Waals surface area contributed by atoms with Gasteiger partial charge in [0.25, 0.3) is 0 Å². The van der Waals surface area contributed by atoms with Crippen molar-refractivity contribution in [2.24, 2.45) is 0 Å². The maximum Gasteiger partial charge on any atom is 0.372 e. The van der Waals surface area contributed by atoms with E-state index < -0.39 is 4.92 Å². The van der Waals surface area contributed by atoms with Gasteiger partial charge in [-0.2, -0.15) is 0 Å². The minimum Gasteiger partial charge on any atom is -0.358 e. The number of aromatic nitrogens is 1. The van der Waals surface area contributed by atoms with Crippen LogP contribution in [0, 0.1) is 10.1 Å². The van der Waals surface area contributed by atoms with Crippen LogP contribution in [0.2, 0.25) is 0 Å². The Morgan fingerprint density at radius 2 is 2.07 bits per heavy atom. The van der Waals surface area contributed by atoms with E-state index in [1.807, 2.05) is 12.1 Å². The lowest BCUT2D eigenvalue weighted by Crippen LogP contribution is -1.93. The number of halogens is 1. The molecule has 0 bridgehead atoms. The maximum absolute atomic E-state index is 10.7. The van der Waals surface area contributed by atoms with Gasteiger partial charge in [0.15, 0.2) is 0 Å². The van der Waals surface area contributed by atoms with Crippen LogP contribution in [0.5, 0.6) is 0 Å². The van der Waals surface area contributed by atoms with Crippen molar-refractivity contribution < 1.29 is 4.92 Å². The van der Waals surface area contributed by atoms with E-state index in [9.17, 15) is 10.1 Å². The molecule has 5 heteroatoms. The molecule has 14 heavy (non-hydrogen) atoms. The molecule has 2 rings (SSSR count). The molecular formula is C9H5BrN2O2. The molecule has 0 aliphatic heterocycles. The summed E-state index contributed by atoms with van der Waals surface area (Å²) in [4.78, 5) is 14.0. The lowest BCUT2D eigenvalue weighted by molar-refractivity contribution is -0.387. The third kappa shape index (κ3) is 1.46. The summed E-state index contributed by atoms with van der Waals surface area (Å²) in [7, 11) is 0. The molecule has 1 aromatic carbocycles. The van der Waals surface area contributed by atoms with E-state index in [4.69, 9.17) is 0 Å². The van der Waals surface area contributed by atoms with Crippen LogP contribution in [-0.4, -0.2) is 9.91 Å². The highest BCUT2D eigenvalue weighted by Crippen LogP contribution is 2.25. The highest BCUT2D eigenvalue weighted by atomic mass is 79.9. The number of fused-ring (bicyclic) bond motifs is 1. The topological polar surface area (TPSA) is 56.0 Å². The molecule has 0 atom stereocenters. The van der Waals surface area contributed by atoms with Gasteiger partial charge in [0.1, 0.15) is 0 Å². The second-order valence-corrected chi connectivity index (χ2v) is 3.56. The van der Waals surface area contributed by atoms with Crippen LogP contribution in [0.15, 0.2) is 34.9 Å². The van der Waals surface area contributed by atoms with E-state index in [1.165, 1.54) is 0 Å². The smallest absolute Gasteiger partial charge is 0.358 e. The summed E-state index contributed by atoms with van der Waals surface area (Å²) in [6.45, 7) is 0. The van der Waals surface area contributed by atoms with E-state index in [0.717, 1.165) is 5.39 Å². The highest BCUT2D eigenvalue weighted by Gasteiger charge is 2.14. The molecule has 1 aromatic heterocycles. The van der Waals surface area contributed by atoms with Crippen molar-refractivity contribution in [2.75, 3.05) is 0 Å². The zero-order valence-electron chi connectivity index (χ0n) is 6.98. The molecule has 1 heterocycles. The quantitative estimate of drug-likeness (QED) is 0.446. The third-order valence-electron chi connectivity index (χ3n) is 1.86. The molecule has 0 saturated heterocycles. The first kappa shape index (κ1) is 9.08. The monoisotopic (exact) mass is 252 g/mol. The maximum atomic E-state index is 10.7. The number of benzene rings is 1. The standard InChI is InChI=1S/C9H5BrN2O2/c10-8-5-6-3-1-2-4-7(6)9(11-8)12(13)14/h1-5H. The first-order chi connectivity index (χ1) is 6.68. The van der Waals surface area contributed by atoms with Crippen LogP contribution in [-0.2, 0) is 0 Å². The Morgan fingerprint density at radius 1 is 1.36 bits per heavy atom. The van der Waals surface area contributed by atoms with Crippen molar-refractivity contribution in [1.29, 1.82) is 0 Å². The average molecular weight is 253 g/mol. The lowest BCUT2D eigenvalue weighted by Gasteiger charge is -1.98. The summed E-state index contributed by atoms with van der Waals surface area (Å²) in [6.07, 6.45) is 0. The predicted octanol–water partition coefficient (Wildman–Crippen LogP) is 2.91. The fraction of sp³-hybridized carbons (Fsp3) is 0. The zero-order valence-corrected chi connectivity index (χ0v) is 8.56. The highest BCUT2D eigenvalue weighted by molar-refractivity contribution is 9.10. The van der Waals surface area contributed by atoms with Gasteiger partial charge >= 0.3 is 5.82 Å². The van der Waals surface area contributed by atoms with Crippen molar-refractivity contribution in [1.82, 2.24) is 4.98 Å². The summed E-state index contributed by atoms with van der Waals surface area (Å²) >= 11 is 3.14. The molecule has 2 aromatic rings. The minimum atomic E-state index is -0.479. The first-order valence-electron chi connectivity index (χ1n) is 3.88. The van der Waals surface area contributed by atoms with Gasteiger partial charge in [0, 0.05) is 22.0 Å². The minimum absolute atomic E-state index is 0.116. The molecule has 0 aliphatic rings. The molecule has 0 saturated carbocycles. The Balaban J connectivity index is 2.87. The predicted molar refractivity (Wildman–Crippen MR) is 56.1 cm³/mol. The fourth-order valence-corrected chi connectivity index (χ4v) is 1.70. The number of hydrogen-bond acceptors (Lipinski definition) is 3. The van der Waals surface area contributed by atoms with Gasteiger partial charge in [0.2, 0.25) is 4.60 Å². The van der Waals surface area contributed by atoms with Gasteiger partial charge in [-0.05, 0) is 21.4 Å². The molecule has 0 radical (unpaired) electrons. The second-order valence-electron chi connectivity index (χ2n) is 2.75. The molecule has 70 valence electrons. The van der Waals surface area contributed by atoms with Crippen molar-refractivity contribution >= 4 is 32.5 Å². The summed E-state index contributed by atoms with van der Waals surface area (Å²) in [5.74, 6) is -0.116. The van der Waals surface area contributed by atoms with Crippen molar-refractivity contribution in [2.45, 2.75) is 0 Å². The van der Waals surface area contributed by atoms with Crippen LogP contribution in [0.1, 0.15) is 0 Å². The summed E-state index contributed by atoms with van der Waals surface area (Å²) in [5, 5.41) is 12.1. The Bertz CT molecular complexity index is 513. The molecule has 0 unspecified atom stereocenters. The van der Waals surface area contributed by atoms with Crippen LogP contribution in [0.25, 0.3) is 10.8 Å². The third-order valence-corrected chi connectivity index (χ3v) is 2.27. The normalized spacial score (nSPS) is 10.4.